The molecule has 0 saturated carbocycles. The maximum atomic E-state index is 5.84. The van der Waals surface area contributed by atoms with Gasteiger partial charge in [-0.2, -0.15) is 5.10 Å². The van der Waals surface area contributed by atoms with E-state index in [1.807, 2.05) is 17.9 Å². The number of para-hydroxylation sites is 1. The van der Waals surface area contributed by atoms with E-state index in [-0.39, 0.29) is 6.04 Å². The van der Waals surface area contributed by atoms with Crippen molar-refractivity contribution in [2.75, 3.05) is 13.2 Å². The van der Waals surface area contributed by atoms with Crippen LogP contribution in [0.4, 0.5) is 0 Å². The number of hydrogen-bond donors (Lipinski definition) is 1. The van der Waals surface area contributed by atoms with Crippen molar-refractivity contribution < 1.29 is 4.74 Å². The molecule has 0 radical (unpaired) electrons. The monoisotopic (exact) mass is 271 g/mol. The molecule has 1 aliphatic heterocycles. The Kier molecular flexibility index (Phi) is 3.74. The van der Waals surface area contributed by atoms with Crippen LogP contribution in [-0.4, -0.2) is 22.9 Å². The average Bonchev–Trinajstić information content (AvgIpc) is 3.08. The molecular formula is C16H21N3O. The number of aromatic nitrogens is 2. The second-order valence-corrected chi connectivity index (χ2v) is 5.24. The molecule has 106 valence electrons. The summed E-state index contributed by atoms with van der Waals surface area (Å²) in [5.74, 6) is 1.05. The van der Waals surface area contributed by atoms with Crippen LogP contribution < -0.4 is 10.1 Å². The molecule has 0 saturated heterocycles. The van der Waals surface area contributed by atoms with Gasteiger partial charge in [0.25, 0.3) is 0 Å². The van der Waals surface area contributed by atoms with E-state index in [0.29, 0.717) is 0 Å². The van der Waals surface area contributed by atoms with Crippen molar-refractivity contribution in [3.05, 3.63) is 47.3 Å². The summed E-state index contributed by atoms with van der Waals surface area (Å²) >= 11 is 0. The first-order valence-corrected chi connectivity index (χ1v) is 7.27. The molecule has 1 aliphatic rings. The Balaban J connectivity index is 1.99. The van der Waals surface area contributed by atoms with Gasteiger partial charge in [-0.25, -0.2) is 0 Å². The van der Waals surface area contributed by atoms with Crippen molar-refractivity contribution in [3.8, 4) is 5.75 Å². The summed E-state index contributed by atoms with van der Waals surface area (Å²) in [5.41, 5.74) is 3.55. The molecule has 1 aromatic heterocycles. The molecule has 2 heterocycles. The fourth-order valence-corrected chi connectivity index (χ4v) is 2.72. The minimum atomic E-state index is 0.101. The Morgan fingerprint density at radius 3 is 3.05 bits per heavy atom. The van der Waals surface area contributed by atoms with Crippen molar-refractivity contribution in [1.82, 2.24) is 15.1 Å². The lowest BCUT2D eigenvalue weighted by Gasteiger charge is -2.19. The topological polar surface area (TPSA) is 39.1 Å². The third kappa shape index (κ3) is 2.43. The highest BCUT2D eigenvalue weighted by Crippen LogP contribution is 2.35. The molecule has 0 aliphatic carbocycles. The molecule has 4 heteroatoms. The van der Waals surface area contributed by atoms with E-state index >= 15 is 0 Å². The fraction of sp³-hybridized carbons (Fsp3) is 0.438. The smallest absolute Gasteiger partial charge is 0.127 e. The van der Waals surface area contributed by atoms with E-state index in [1.54, 1.807) is 0 Å². The van der Waals surface area contributed by atoms with Gasteiger partial charge in [0.2, 0.25) is 0 Å². The number of hydrogen-bond acceptors (Lipinski definition) is 3. The number of nitrogens with one attached hydrogen (secondary N) is 1. The summed E-state index contributed by atoms with van der Waals surface area (Å²) in [5, 5.41) is 8.15. The molecule has 1 atom stereocenters. The lowest BCUT2D eigenvalue weighted by Crippen LogP contribution is -2.24. The van der Waals surface area contributed by atoms with Crippen molar-refractivity contribution in [1.29, 1.82) is 0 Å². The quantitative estimate of drug-likeness (QED) is 0.908. The van der Waals surface area contributed by atoms with Gasteiger partial charge in [0.05, 0.1) is 18.3 Å². The van der Waals surface area contributed by atoms with Crippen LogP contribution >= 0.6 is 0 Å². The van der Waals surface area contributed by atoms with Crippen LogP contribution in [0, 0.1) is 0 Å². The van der Waals surface area contributed by atoms with Crippen LogP contribution in [0.2, 0.25) is 0 Å². The molecule has 0 fully saturated rings. The molecule has 4 nitrogen and oxygen atoms in total. The van der Waals surface area contributed by atoms with E-state index in [9.17, 15) is 0 Å². The number of fused-ring (bicyclic) bond motifs is 1. The van der Waals surface area contributed by atoms with Crippen LogP contribution in [0.15, 0.2) is 30.5 Å². The molecule has 0 amide bonds. The predicted octanol–water partition coefficient (Wildman–Crippen LogP) is 2.44. The Hall–Kier alpha value is -1.81. The highest BCUT2D eigenvalue weighted by molar-refractivity contribution is 5.47. The maximum absolute atomic E-state index is 5.84. The van der Waals surface area contributed by atoms with Crippen molar-refractivity contribution in [2.24, 2.45) is 7.05 Å². The van der Waals surface area contributed by atoms with Gasteiger partial charge in [-0.3, -0.25) is 4.68 Å². The van der Waals surface area contributed by atoms with Crippen LogP contribution in [0.25, 0.3) is 0 Å². The summed E-state index contributed by atoms with van der Waals surface area (Å²) in [6, 6.07) is 8.59. The second-order valence-electron chi connectivity index (χ2n) is 5.24. The third-order valence-corrected chi connectivity index (χ3v) is 3.68. The maximum Gasteiger partial charge on any atom is 0.127 e. The number of nitrogens with zero attached hydrogens (tertiary/aromatic N) is 2. The Labute approximate surface area is 119 Å². The lowest BCUT2D eigenvalue weighted by atomic mass is 9.99. The first-order chi connectivity index (χ1) is 9.79. The van der Waals surface area contributed by atoms with Crippen LogP contribution in [-0.2, 0) is 13.5 Å². The Bertz CT molecular complexity index is 591. The van der Waals surface area contributed by atoms with Gasteiger partial charge in [0, 0.05) is 25.2 Å². The molecule has 1 aromatic carbocycles. The second kappa shape index (κ2) is 5.67. The van der Waals surface area contributed by atoms with E-state index in [4.69, 9.17) is 4.74 Å². The Morgan fingerprint density at radius 1 is 1.40 bits per heavy atom. The highest BCUT2D eigenvalue weighted by Gasteiger charge is 2.24. The van der Waals surface area contributed by atoms with Crippen molar-refractivity contribution in [2.45, 2.75) is 25.8 Å². The SMILES string of the molecule is CCCNC(c1ccn(C)n1)c1cccc2c1OCC2. The molecule has 20 heavy (non-hydrogen) atoms. The van der Waals surface area contributed by atoms with Crippen molar-refractivity contribution in [3.63, 3.8) is 0 Å². The van der Waals surface area contributed by atoms with Gasteiger partial charge in [0.15, 0.2) is 0 Å². The van der Waals surface area contributed by atoms with E-state index < -0.39 is 0 Å². The number of aryl methyl sites for hydroxylation is 1. The zero-order chi connectivity index (χ0) is 13.9. The molecule has 0 spiro atoms. The van der Waals surface area contributed by atoms with Gasteiger partial charge >= 0.3 is 0 Å². The number of benzene rings is 1. The van der Waals surface area contributed by atoms with Crippen molar-refractivity contribution >= 4 is 0 Å². The van der Waals surface area contributed by atoms with Gasteiger partial charge in [-0.1, -0.05) is 25.1 Å². The number of ether oxygens (including phenoxy) is 1. The fourth-order valence-electron chi connectivity index (χ4n) is 2.72. The predicted molar refractivity (Wildman–Crippen MR) is 79.0 cm³/mol. The number of rotatable bonds is 5. The van der Waals surface area contributed by atoms with Crippen LogP contribution in [0.1, 0.15) is 36.2 Å². The first-order valence-electron chi connectivity index (χ1n) is 7.27. The summed E-state index contributed by atoms with van der Waals surface area (Å²) in [4.78, 5) is 0. The minimum Gasteiger partial charge on any atom is -0.493 e. The standard InChI is InChI=1S/C16H21N3O/c1-3-9-17-15(14-7-10-19(2)18-14)13-6-4-5-12-8-11-20-16(12)13/h4-7,10,15,17H,3,8-9,11H2,1-2H3. The van der Waals surface area contributed by atoms with Crippen LogP contribution in [0.3, 0.4) is 0 Å². The van der Waals surface area contributed by atoms with E-state index in [0.717, 1.165) is 37.4 Å². The largest absolute Gasteiger partial charge is 0.493 e. The molecular weight excluding hydrogens is 250 g/mol. The van der Waals surface area contributed by atoms with Gasteiger partial charge < -0.3 is 10.1 Å². The zero-order valence-corrected chi connectivity index (χ0v) is 12.1. The van der Waals surface area contributed by atoms with Gasteiger partial charge in [-0.15, -0.1) is 0 Å². The molecule has 3 rings (SSSR count). The molecule has 0 bridgehead atoms. The molecule has 1 unspecified atom stereocenters. The summed E-state index contributed by atoms with van der Waals surface area (Å²) < 4.78 is 7.69. The highest BCUT2D eigenvalue weighted by atomic mass is 16.5. The summed E-state index contributed by atoms with van der Waals surface area (Å²) in [6.45, 7) is 3.92. The van der Waals surface area contributed by atoms with E-state index in [2.05, 4.69) is 41.6 Å². The summed E-state index contributed by atoms with van der Waals surface area (Å²) in [7, 11) is 1.95. The normalized spacial score (nSPS) is 14.9. The van der Waals surface area contributed by atoms with Gasteiger partial charge in [-0.05, 0) is 24.6 Å². The Morgan fingerprint density at radius 2 is 2.30 bits per heavy atom. The molecule has 2 aromatic rings. The van der Waals surface area contributed by atoms with Gasteiger partial charge in [0.1, 0.15) is 5.75 Å². The molecule has 1 N–H and O–H groups in total. The van der Waals surface area contributed by atoms with E-state index in [1.165, 1.54) is 11.1 Å². The summed E-state index contributed by atoms with van der Waals surface area (Å²) in [6.07, 6.45) is 4.09. The zero-order valence-electron chi connectivity index (χ0n) is 12.1. The van der Waals surface area contributed by atoms with Crippen LogP contribution in [0.5, 0.6) is 5.75 Å². The minimum absolute atomic E-state index is 0.101. The lowest BCUT2D eigenvalue weighted by molar-refractivity contribution is 0.350. The first kappa shape index (κ1) is 13.2. The third-order valence-electron chi connectivity index (χ3n) is 3.68. The average molecular weight is 271 g/mol.